The maximum atomic E-state index is 5.88. The zero-order valence-corrected chi connectivity index (χ0v) is 8.05. The summed E-state index contributed by atoms with van der Waals surface area (Å²) in [5.74, 6) is 1.45. The fourth-order valence-corrected chi connectivity index (χ4v) is 2.05. The van der Waals surface area contributed by atoms with Gasteiger partial charge in [-0.05, 0) is 19.8 Å². The first-order valence-electron chi connectivity index (χ1n) is 5.00. The summed E-state index contributed by atoms with van der Waals surface area (Å²) in [5, 5.41) is 3.89. The molecule has 0 saturated heterocycles. The Hall–Kier alpha value is -0.990. The highest BCUT2D eigenvalue weighted by Gasteiger charge is 2.22. The smallest absolute Gasteiger partial charge is 0.162 e. The molecule has 1 fully saturated rings. The predicted octanol–water partition coefficient (Wildman–Crippen LogP) is 2.61. The van der Waals surface area contributed by atoms with E-state index < -0.39 is 0 Å². The minimum atomic E-state index is 0.523. The van der Waals surface area contributed by atoms with Crippen LogP contribution in [-0.2, 0) is 0 Å². The van der Waals surface area contributed by atoms with Gasteiger partial charge in [-0.3, -0.25) is 0 Å². The van der Waals surface area contributed by atoms with Gasteiger partial charge in [0.15, 0.2) is 5.76 Å². The fraction of sp³-hybridized carbons (Fsp3) is 0.700. The molecular formula is C10H16N2O. The largest absolute Gasteiger partial charge is 0.394 e. The van der Waals surface area contributed by atoms with Crippen LogP contribution in [0.2, 0.25) is 0 Å². The molecule has 72 valence electrons. The zero-order valence-electron chi connectivity index (χ0n) is 8.05. The second kappa shape index (κ2) is 3.40. The van der Waals surface area contributed by atoms with Gasteiger partial charge in [-0.1, -0.05) is 24.4 Å². The van der Waals surface area contributed by atoms with Crippen molar-refractivity contribution in [2.75, 3.05) is 5.73 Å². The van der Waals surface area contributed by atoms with Crippen molar-refractivity contribution in [1.82, 2.24) is 5.16 Å². The summed E-state index contributed by atoms with van der Waals surface area (Å²) in [4.78, 5) is 0. The standard InChI is InChI=1S/C10H16N2O/c1-7-9(11)10(13-12-7)8-5-3-2-4-6-8/h8H,2-6,11H2,1H3. The summed E-state index contributed by atoms with van der Waals surface area (Å²) in [7, 11) is 0. The van der Waals surface area contributed by atoms with Crippen LogP contribution < -0.4 is 5.73 Å². The molecule has 0 radical (unpaired) electrons. The molecule has 1 aliphatic rings. The Morgan fingerprint density at radius 2 is 2.00 bits per heavy atom. The van der Waals surface area contributed by atoms with Crippen molar-refractivity contribution in [3.05, 3.63) is 11.5 Å². The van der Waals surface area contributed by atoms with E-state index in [9.17, 15) is 0 Å². The van der Waals surface area contributed by atoms with Crippen LogP contribution >= 0.6 is 0 Å². The van der Waals surface area contributed by atoms with Gasteiger partial charge in [-0.15, -0.1) is 0 Å². The Labute approximate surface area is 78.3 Å². The lowest BCUT2D eigenvalue weighted by atomic mass is 9.87. The van der Waals surface area contributed by atoms with Crippen molar-refractivity contribution in [2.24, 2.45) is 0 Å². The minimum Gasteiger partial charge on any atom is -0.394 e. The lowest BCUT2D eigenvalue weighted by Crippen LogP contribution is -2.05. The molecule has 1 aromatic heterocycles. The Bertz CT molecular complexity index is 287. The van der Waals surface area contributed by atoms with Crippen molar-refractivity contribution < 1.29 is 4.52 Å². The Balaban J connectivity index is 2.18. The van der Waals surface area contributed by atoms with Crippen molar-refractivity contribution in [3.8, 4) is 0 Å². The average Bonchev–Trinajstić information content (AvgIpc) is 2.49. The molecule has 0 amide bonds. The summed E-state index contributed by atoms with van der Waals surface area (Å²) < 4.78 is 5.26. The van der Waals surface area contributed by atoms with Gasteiger partial charge in [0.1, 0.15) is 5.69 Å². The van der Waals surface area contributed by atoms with Crippen LogP contribution in [0.4, 0.5) is 5.69 Å². The normalized spacial score (nSPS) is 19.2. The second-order valence-corrected chi connectivity index (χ2v) is 3.88. The summed E-state index contributed by atoms with van der Waals surface area (Å²) >= 11 is 0. The molecule has 1 heterocycles. The van der Waals surface area contributed by atoms with Gasteiger partial charge in [0.2, 0.25) is 0 Å². The van der Waals surface area contributed by atoms with Crippen LogP contribution in [0.3, 0.4) is 0 Å². The van der Waals surface area contributed by atoms with Gasteiger partial charge >= 0.3 is 0 Å². The van der Waals surface area contributed by atoms with Crippen molar-refractivity contribution >= 4 is 5.69 Å². The number of aryl methyl sites for hydroxylation is 1. The molecule has 1 saturated carbocycles. The minimum absolute atomic E-state index is 0.523. The van der Waals surface area contributed by atoms with Crippen LogP contribution in [0.25, 0.3) is 0 Å². The van der Waals surface area contributed by atoms with E-state index in [1.807, 2.05) is 6.92 Å². The van der Waals surface area contributed by atoms with Crippen molar-refractivity contribution in [2.45, 2.75) is 44.9 Å². The Morgan fingerprint density at radius 1 is 1.31 bits per heavy atom. The van der Waals surface area contributed by atoms with E-state index >= 15 is 0 Å². The molecular weight excluding hydrogens is 164 g/mol. The van der Waals surface area contributed by atoms with E-state index in [-0.39, 0.29) is 0 Å². The lowest BCUT2D eigenvalue weighted by Gasteiger charge is -2.18. The fourth-order valence-electron chi connectivity index (χ4n) is 2.05. The molecule has 2 rings (SSSR count). The third-order valence-electron chi connectivity index (χ3n) is 2.91. The highest BCUT2D eigenvalue weighted by atomic mass is 16.5. The zero-order chi connectivity index (χ0) is 9.26. The molecule has 3 heteroatoms. The van der Waals surface area contributed by atoms with Crippen LogP contribution in [0.1, 0.15) is 49.5 Å². The number of hydrogen-bond acceptors (Lipinski definition) is 3. The molecule has 0 atom stereocenters. The quantitative estimate of drug-likeness (QED) is 0.722. The van der Waals surface area contributed by atoms with Gasteiger partial charge in [0.05, 0.1) is 5.69 Å². The molecule has 0 unspecified atom stereocenters. The molecule has 1 aromatic rings. The van der Waals surface area contributed by atoms with Gasteiger partial charge in [-0.25, -0.2) is 0 Å². The Morgan fingerprint density at radius 3 is 2.54 bits per heavy atom. The molecule has 0 aliphatic heterocycles. The number of nitrogen functional groups attached to an aromatic ring is 1. The van der Waals surface area contributed by atoms with E-state index in [1.54, 1.807) is 0 Å². The molecule has 0 aromatic carbocycles. The maximum absolute atomic E-state index is 5.88. The van der Waals surface area contributed by atoms with E-state index in [4.69, 9.17) is 10.3 Å². The van der Waals surface area contributed by atoms with Crippen LogP contribution in [0.15, 0.2) is 4.52 Å². The van der Waals surface area contributed by atoms with E-state index in [0.29, 0.717) is 5.92 Å². The van der Waals surface area contributed by atoms with E-state index in [1.165, 1.54) is 32.1 Å². The average molecular weight is 180 g/mol. The van der Waals surface area contributed by atoms with Crippen LogP contribution in [0, 0.1) is 6.92 Å². The molecule has 1 aliphatic carbocycles. The molecule has 0 spiro atoms. The summed E-state index contributed by atoms with van der Waals surface area (Å²) in [5.41, 5.74) is 7.48. The first kappa shape index (κ1) is 8.60. The van der Waals surface area contributed by atoms with Crippen LogP contribution in [-0.4, -0.2) is 5.16 Å². The molecule has 13 heavy (non-hydrogen) atoms. The lowest BCUT2D eigenvalue weighted by molar-refractivity contribution is 0.320. The number of nitrogens with two attached hydrogens (primary N) is 1. The summed E-state index contributed by atoms with van der Waals surface area (Å²) in [6.07, 6.45) is 6.36. The number of rotatable bonds is 1. The first-order valence-corrected chi connectivity index (χ1v) is 5.00. The van der Waals surface area contributed by atoms with E-state index in [0.717, 1.165) is 17.1 Å². The summed E-state index contributed by atoms with van der Waals surface area (Å²) in [6, 6.07) is 0. The number of aromatic nitrogens is 1. The number of hydrogen-bond donors (Lipinski definition) is 1. The third kappa shape index (κ3) is 1.55. The van der Waals surface area contributed by atoms with Gasteiger partial charge in [0.25, 0.3) is 0 Å². The van der Waals surface area contributed by atoms with Crippen molar-refractivity contribution in [3.63, 3.8) is 0 Å². The monoisotopic (exact) mass is 180 g/mol. The van der Waals surface area contributed by atoms with Crippen LogP contribution in [0.5, 0.6) is 0 Å². The highest BCUT2D eigenvalue weighted by molar-refractivity contribution is 5.46. The number of anilines is 1. The van der Waals surface area contributed by atoms with Gasteiger partial charge < -0.3 is 10.3 Å². The highest BCUT2D eigenvalue weighted by Crippen LogP contribution is 2.36. The third-order valence-corrected chi connectivity index (χ3v) is 2.91. The molecule has 3 nitrogen and oxygen atoms in total. The molecule has 0 bridgehead atoms. The van der Waals surface area contributed by atoms with Crippen molar-refractivity contribution in [1.29, 1.82) is 0 Å². The van der Waals surface area contributed by atoms with E-state index in [2.05, 4.69) is 5.16 Å². The summed E-state index contributed by atoms with van der Waals surface area (Å²) in [6.45, 7) is 1.89. The predicted molar refractivity (Wildman–Crippen MR) is 51.5 cm³/mol. The second-order valence-electron chi connectivity index (χ2n) is 3.88. The number of nitrogens with zero attached hydrogens (tertiary/aromatic N) is 1. The SMILES string of the molecule is Cc1noc(C2CCCCC2)c1N. The molecule has 2 N–H and O–H groups in total. The topological polar surface area (TPSA) is 52.0 Å². The first-order chi connectivity index (χ1) is 6.29. The van der Waals surface area contributed by atoms with Gasteiger partial charge in [0, 0.05) is 5.92 Å². The Kier molecular flexibility index (Phi) is 2.25. The van der Waals surface area contributed by atoms with Gasteiger partial charge in [-0.2, -0.15) is 0 Å². The maximum Gasteiger partial charge on any atom is 0.162 e.